The van der Waals surface area contributed by atoms with Gasteiger partial charge in [-0.25, -0.2) is 4.98 Å². The molecule has 0 aromatic carbocycles. The van der Waals surface area contributed by atoms with Gasteiger partial charge in [0.25, 0.3) is 0 Å². The molecule has 1 atom stereocenters. The maximum atomic E-state index is 9.97. The fourth-order valence-electron chi connectivity index (χ4n) is 1.44. The lowest BCUT2D eigenvalue weighted by Crippen LogP contribution is -2.09. The van der Waals surface area contributed by atoms with Gasteiger partial charge in [-0.05, 0) is 30.4 Å². The highest BCUT2D eigenvalue weighted by Crippen LogP contribution is 2.26. The molecule has 0 fully saturated rings. The quantitative estimate of drug-likeness (QED) is 0.790. The molecule has 1 heterocycles. The van der Waals surface area contributed by atoms with E-state index in [0.717, 1.165) is 6.42 Å². The summed E-state index contributed by atoms with van der Waals surface area (Å²) < 4.78 is 0. The summed E-state index contributed by atoms with van der Waals surface area (Å²) in [6.45, 7) is 6.47. The molecule has 0 aliphatic heterocycles. The third-order valence-electron chi connectivity index (χ3n) is 2.43. The van der Waals surface area contributed by atoms with Crippen molar-refractivity contribution in [3.8, 4) is 12.3 Å². The van der Waals surface area contributed by atoms with Gasteiger partial charge in [0.15, 0.2) is 0 Å². The Balaban J connectivity index is 2.66. The number of aromatic nitrogens is 1. The monoisotopic (exact) mass is 217 g/mol. The van der Waals surface area contributed by atoms with Gasteiger partial charge in [-0.3, -0.25) is 0 Å². The molecule has 0 bridgehead atoms. The number of hydrogen-bond donors (Lipinski definition) is 1. The Morgan fingerprint density at radius 1 is 1.44 bits per heavy atom. The minimum atomic E-state index is -0.521. The van der Waals surface area contributed by atoms with Crippen LogP contribution in [0.15, 0.2) is 18.2 Å². The van der Waals surface area contributed by atoms with Crippen LogP contribution >= 0.6 is 0 Å². The van der Waals surface area contributed by atoms with Crippen molar-refractivity contribution in [2.75, 3.05) is 0 Å². The largest absolute Gasteiger partial charge is 0.387 e. The number of aliphatic hydroxyl groups is 1. The van der Waals surface area contributed by atoms with E-state index in [-0.39, 0.29) is 5.41 Å². The molecular formula is C14H19NO. The molecule has 0 saturated carbocycles. The van der Waals surface area contributed by atoms with Gasteiger partial charge in [0, 0.05) is 0 Å². The minimum Gasteiger partial charge on any atom is -0.387 e. The van der Waals surface area contributed by atoms with Crippen LogP contribution in [0.25, 0.3) is 0 Å². The van der Waals surface area contributed by atoms with Gasteiger partial charge in [0.2, 0.25) is 0 Å². The van der Waals surface area contributed by atoms with Crippen LogP contribution in [0.1, 0.15) is 51.1 Å². The molecule has 0 spiro atoms. The normalized spacial score (nSPS) is 13.2. The fraction of sp³-hybridized carbons (Fsp3) is 0.500. The van der Waals surface area contributed by atoms with Crippen molar-refractivity contribution in [1.29, 1.82) is 0 Å². The summed E-state index contributed by atoms with van der Waals surface area (Å²) in [5, 5.41) is 9.97. The predicted octanol–water partition coefficient (Wildman–Crippen LogP) is 2.92. The molecule has 1 aromatic heterocycles. The molecule has 0 amide bonds. The van der Waals surface area contributed by atoms with Crippen LogP contribution in [0, 0.1) is 17.8 Å². The van der Waals surface area contributed by atoms with Crippen molar-refractivity contribution >= 4 is 0 Å². The first kappa shape index (κ1) is 12.7. The lowest BCUT2D eigenvalue weighted by atomic mass is 9.89. The fourth-order valence-corrected chi connectivity index (χ4v) is 1.44. The van der Waals surface area contributed by atoms with E-state index in [1.165, 1.54) is 0 Å². The molecule has 0 radical (unpaired) electrons. The molecule has 0 aliphatic carbocycles. The number of terminal acetylenes is 1. The second kappa shape index (κ2) is 5.14. The molecule has 16 heavy (non-hydrogen) atoms. The first-order chi connectivity index (χ1) is 7.42. The van der Waals surface area contributed by atoms with Gasteiger partial charge in [0.05, 0.1) is 11.8 Å². The molecule has 0 aliphatic rings. The Labute approximate surface area is 97.7 Å². The summed E-state index contributed by atoms with van der Waals surface area (Å²) in [6, 6.07) is 5.41. The van der Waals surface area contributed by atoms with E-state index in [9.17, 15) is 5.11 Å². The van der Waals surface area contributed by atoms with E-state index in [0.29, 0.717) is 17.8 Å². The third-order valence-corrected chi connectivity index (χ3v) is 2.43. The molecule has 0 saturated heterocycles. The summed E-state index contributed by atoms with van der Waals surface area (Å²) in [4.78, 5) is 4.21. The van der Waals surface area contributed by atoms with Gasteiger partial charge in [-0.1, -0.05) is 32.8 Å². The first-order valence-electron chi connectivity index (χ1n) is 5.54. The second-order valence-corrected chi connectivity index (χ2v) is 5.21. The summed E-state index contributed by atoms with van der Waals surface area (Å²) >= 11 is 0. The van der Waals surface area contributed by atoms with E-state index in [2.05, 4.69) is 31.7 Å². The lowest BCUT2D eigenvalue weighted by Gasteiger charge is -2.20. The van der Waals surface area contributed by atoms with Crippen LogP contribution in [0.4, 0.5) is 0 Å². The Morgan fingerprint density at radius 2 is 2.12 bits per heavy atom. The summed E-state index contributed by atoms with van der Waals surface area (Å²) in [5.74, 6) is 2.47. The maximum Gasteiger partial charge on any atom is 0.113 e. The van der Waals surface area contributed by atoms with Gasteiger partial charge >= 0.3 is 0 Å². The molecule has 1 rings (SSSR count). The Hall–Kier alpha value is -1.33. The topological polar surface area (TPSA) is 33.1 Å². The van der Waals surface area contributed by atoms with Gasteiger partial charge in [0.1, 0.15) is 5.69 Å². The SMILES string of the molecule is C#Cc1cccc([C@@H](O)CCC(C)(C)C)n1. The zero-order valence-corrected chi connectivity index (χ0v) is 10.2. The van der Waals surface area contributed by atoms with Crippen LogP contribution < -0.4 is 0 Å². The zero-order chi connectivity index (χ0) is 12.2. The van der Waals surface area contributed by atoms with Crippen molar-refractivity contribution in [1.82, 2.24) is 4.98 Å². The van der Waals surface area contributed by atoms with Gasteiger partial charge in [-0.15, -0.1) is 6.42 Å². The molecule has 86 valence electrons. The molecular weight excluding hydrogens is 198 g/mol. The highest BCUT2D eigenvalue weighted by atomic mass is 16.3. The molecule has 0 unspecified atom stereocenters. The molecule has 2 heteroatoms. The van der Waals surface area contributed by atoms with E-state index in [1.807, 2.05) is 12.1 Å². The highest BCUT2D eigenvalue weighted by molar-refractivity contribution is 5.26. The lowest BCUT2D eigenvalue weighted by molar-refractivity contribution is 0.143. The third kappa shape index (κ3) is 4.04. The zero-order valence-electron chi connectivity index (χ0n) is 10.2. The molecule has 1 N–H and O–H groups in total. The average Bonchev–Trinajstić information content (AvgIpc) is 2.25. The number of nitrogens with zero attached hydrogens (tertiary/aromatic N) is 1. The van der Waals surface area contributed by atoms with Crippen LogP contribution in [0.2, 0.25) is 0 Å². The van der Waals surface area contributed by atoms with Crippen molar-refractivity contribution in [3.63, 3.8) is 0 Å². The minimum absolute atomic E-state index is 0.227. The van der Waals surface area contributed by atoms with E-state index < -0.39 is 6.10 Å². The van der Waals surface area contributed by atoms with Crippen molar-refractivity contribution in [2.24, 2.45) is 5.41 Å². The first-order valence-corrected chi connectivity index (χ1v) is 5.54. The van der Waals surface area contributed by atoms with Crippen molar-refractivity contribution in [3.05, 3.63) is 29.6 Å². The molecule has 1 aromatic rings. The van der Waals surface area contributed by atoms with E-state index >= 15 is 0 Å². The van der Waals surface area contributed by atoms with Gasteiger partial charge < -0.3 is 5.11 Å². The number of aliphatic hydroxyl groups excluding tert-OH is 1. The summed E-state index contributed by atoms with van der Waals surface area (Å²) in [6.07, 6.45) is 6.41. The van der Waals surface area contributed by atoms with Gasteiger partial charge in [-0.2, -0.15) is 0 Å². The highest BCUT2D eigenvalue weighted by Gasteiger charge is 2.15. The summed E-state index contributed by atoms with van der Waals surface area (Å²) in [5.41, 5.74) is 1.47. The maximum absolute atomic E-state index is 9.97. The number of pyridine rings is 1. The van der Waals surface area contributed by atoms with Crippen LogP contribution in [-0.4, -0.2) is 10.1 Å². The Morgan fingerprint density at radius 3 is 2.69 bits per heavy atom. The van der Waals surface area contributed by atoms with Crippen molar-refractivity contribution < 1.29 is 5.11 Å². The molecule has 2 nitrogen and oxygen atoms in total. The standard InChI is InChI=1S/C14H19NO/c1-5-11-7-6-8-12(15-11)13(16)9-10-14(2,3)4/h1,6-8,13,16H,9-10H2,2-4H3/t13-/m0/s1. The summed E-state index contributed by atoms with van der Waals surface area (Å²) in [7, 11) is 0. The van der Waals surface area contributed by atoms with Crippen LogP contribution in [0.5, 0.6) is 0 Å². The average molecular weight is 217 g/mol. The second-order valence-electron chi connectivity index (χ2n) is 5.21. The number of hydrogen-bond acceptors (Lipinski definition) is 2. The van der Waals surface area contributed by atoms with Crippen molar-refractivity contribution in [2.45, 2.75) is 39.7 Å². The number of rotatable bonds is 3. The van der Waals surface area contributed by atoms with Crippen LogP contribution in [0.3, 0.4) is 0 Å². The van der Waals surface area contributed by atoms with E-state index in [1.54, 1.807) is 6.07 Å². The smallest absolute Gasteiger partial charge is 0.113 e. The van der Waals surface area contributed by atoms with E-state index in [4.69, 9.17) is 6.42 Å². The van der Waals surface area contributed by atoms with Crippen LogP contribution in [-0.2, 0) is 0 Å². The predicted molar refractivity (Wildman–Crippen MR) is 65.8 cm³/mol. The Kier molecular flexibility index (Phi) is 4.09. The Bertz CT molecular complexity index is 384.